The second kappa shape index (κ2) is 8.89. The summed E-state index contributed by atoms with van der Waals surface area (Å²) in [5.74, 6) is -1.97. The van der Waals surface area contributed by atoms with Crippen LogP contribution in [0.5, 0.6) is 11.5 Å². The summed E-state index contributed by atoms with van der Waals surface area (Å²) in [7, 11) is 3.12. The Hall–Kier alpha value is -3.02. The van der Waals surface area contributed by atoms with Crippen LogP contribution in [0.1, 0.15) is 12.5 Å². The molecule has 2 aromatic carbocycles. The molecule has 0 spiro atoms. The molecule has 26 heavy (non-hydrogen) atoms. The fraction of sp³-hybridized carbons (Fsp3) is 0.300. The van der Waals surface area contributed by atoms with E-state index in [9.17, 15) is 14.7 Å². The van der Waals surface area contributed by atoms with Crippen molar-refractivity contribution in [3.8, 4) is 11.5 Å². The van der Waals surface area contributed by atoms with Gasteiger partial charge in [-0.15, -0.1) is 0 Å². The van der Waals surface area contributed by atoms with Gasteiger partial charge in [-0.2, -0.15) is 0 Å². The second-order valence-corrected chi connectivity index (χ2v) is 5.98. The van der Waals surface area contributed by atoms with Crippen LogP contribution in [0.15, 0.2) is 48.5 Å². The fourth-order valence-electron chi connectivity index (χ4n) is 2.59. The molecule has 0 aliphatic rings. The number of carbonyl (C=O) groups is 2. The average molecular weight is 356 g/mol. The van der Waals surface area contributed by atoms with Crippen LogP contribution in [0.4, 0.5) is 5.69 Å². The van der Waals surface area contributed by atoms with Crippen molar-refractivity contribution in [1.29, 1.82) is 0 Å². The summed E-state index contributed by atoms with van der Waals surface area (Å²) in [5.41, 5.74) is 1.41. The number of benzene rings is 2. The molecule has 0 aliphatic carbocycles. The monoisotopic (exact) mass is 356 g/mol. The number of nitrogens with one attached hydrogen (secondary N) is 1. The maximum Gasteiger partial charge on any atom is 0.228 e. The summed E-state index contributed by atoms with van der Waals surface area (Å²) in [6.45, 7) is 1.48. The van der Waals surface area contributed by atoms with Crippen molar-refractivity contribution >= 4 is 17.6 Å². The molecule has 0 aliphatic heterocycles. The van der Waals surface area contributed by atoms with Gasteiger partial charge >= 0.3 is 0 Å². The lowest BCUT2D eigenvalue weighted by Gasteiger charge is -2.24. The van der Waals surface area contributed by atoms with Crippen LogP contribution >= 0.6 is 0 Å². The van der Waals surface area contributed by atoms with Gasteiger partial charge in [0.25, 0.3) is 0 Å². The summed E-state index contributed by atoms with van der Waals surface area (Å²) >= 11 is 0. The third kappa shape index (κ3) is 4.99. The highest BCUT2D eigenvalue weighted by molar-refractivity contribution is 5.95. The van der Waals surface area contributed by atoms with Crippen molar-refractivity contribution in [2.45, 2.75) is 13.3 Å². The SMILES string of the molecule is COc1ccc(CC(C(=O)Nc2ccc(OC)cc2)C(C)C(=O)[O-])cc1. The van der Waals surface area contributed by atoms with Gasteiger partial charge in [0.2, 0.25) is 5.91 Å². The number of anilines is 1. The average Bonchev–Trinajstić information content (AvgIpc) is 2.66. The largest absolute Gasteiger partial charge is 0.550 e. The van der Waals surface area contributed by atoms with E-state index in [2.05, 4.69) is 5.32 Å². The van der Waals surface area contributed by atoms with E-state index in [-0.39, 0.29) is 12.3 Å². The third-order valence-electron chi connectivity index (χ3n) is 4.28. The molecule has 138 valence electrons. The standard InChI is InChI=1S/C20H23NO5/c1-13(20(23)24)18(12-14-4-8-16(25-2)9-5-14)19(22)21-15-6-10-17(26-3)11-7-15/h4-11,13,18H,12H2,1-3H3,(H,21,22)(H,23,24)/p-1. The predicted molar refractivity (Wildman–Crippen MR) is 96.0 cm³/mol. The first-order valence-electron chi connectivity index (χ1n) is 8.23. The molecule has 2 rings (SSSR count). The molecule has 0 aromatic heterocycles. The normalized spacial score (nSPS) is 12.7. The van der Waals surface area contributed by atoms with Crippen molar-refractivity contribution in [3.05, 3.63) is 54.1 Å². The van der Waals surface area contributed by atoms with Crippen LogP contribution in [-0.2, 0) is 16.0 Å². The lowest BCUT2D eigenvalue weighted by molar-refractivity contribution is -0.312. The summed E-state index contributed by atoms with van der Waals surface area (Å²) in [4.78, 5) is 24.0. The van der Waals surface area contributed by atoms with Gasteiger partial charge in [0.1, 0.15) is 11.5 Å². The smallest absolute Gasteiger partial charge is 0.228 e. The highest BCUT2D eigenvalue weighted by atomic mass is 16.5. The first-order chi connectivity index (χ1) is 12.4. The van der Waals surface area contributed by atoms with Gasteiger partial charge in [-0.05, 0) is 48.4 Å². The minimum absolute atomic E-state index is 0.279. The Morgan fingerprint density at radius 2 is 1.46 bits per heavy atom. The van der Waals surface area contributed by atoms with Crippen LogP contribution < -0.4 is 19.9 Å². The molecule has 6 heteroatoms. The van der Waals surface area contributed by atoms with Gasteiger partial charge in [-0.3, -0.25) is 4.79 Å². The first-order valence-corrected chi connectivity index (χ1v) is 8.23. The zero-order valence-corrected chi connectivity index (χ0v) is 15.0. The molecule has 2 atom stereocenters. The van der Waals surface area contributed by atoms with Crippen LogP contribution in [0.2, 0.25) is 0 Å². The van der Waals surface area contributed by atoms with Crippen LogP contribution in [0, 0.1) is 11.8 Å². The van der Waals surface area contributed by atoms with Gasteiger partial charge in [0, 0.05) is 17.6 Å². The maximum atomic E-state index is 12.7. The molecule has 1 amide bonds. The topological polar surface area (TPSA) is 87.7 Å². The summed E-state index contributed by atoms with van der Waals surface area (Å²) in [5, 5.41) is 14.1. The number of carboxylic acids is 1. The highest BCUT2D eigenvalue weighted by Gasteiger charge is 2.26. The minimum Gasteiger partial charge on any atom is -0.550 e. The van der Waals surface area contributed by atoms with E-state index < -0.39 is 17.8 Å². The number of hydrogen-bond donors (Lipinski definition) is 1. The van der Waals surface area contributed by atoms with Crippen molar-refractivity contribution in [2.24, 2.45) is 11.8 Å². The number of amides is 1. The van der Waals surface area contributed by atoms with Crippen LogP contribution in [0.3, 0.4) is 0 Å². The van der Waals surface area contributed by atoms with Crippen molar-refractivity contribution in [3.63, 3.8) is 0 Å². The Morgan fingerprint density at radius 3 is 1.92 bits per heavy atom. The van der Waals surface area contributed by atoms with E-state index in [1.807, 2.05) is 12.1 Å². The molecule has 0 fully saturated rings. The first kappa shape index (κ1) is 19.3. The number of ether oxygens (including phenoxy) is 2. The maximum absolute atomic E-state index is 12.7. The van der Waals surface area contributed by atoms with E-state index in [0.717, 1.165) is 5.56 Å². The molecule has 0 bridgehead atoms. The molecule has 0 radical (unpaired) electrons. The van der Waals surface area contributed by atoms with Crippen molar-refractivity contribution < 1.29 is 24.2 Å². The summed E-state index contributed by atoms with van der Waals surface area (Å²) in [6.07, 6.45) is 0.279. The number of hydrogen-bond acceptors (Lipinski definition) is 5. The summed E-state index contributed by atoms with van der Waals surface area (Å²) < 4.78 is 10.2. The molecule has 2 aromatic rings. The molecule has 2 unspecified atom stereocenters. The number of rotatable bonds is 8. The number of carboxylic acid groups (broad SMARTS) is 1. The van der Waals surface area contributed by atoms with E-state index in [1.165, 1.54) is 6.92 Å². The molecular formula is C20H22NO5-. The van der Waals surface area contributed by atoms with E-state index >= 15 is 0 Å². The van der Waals surface area contributed by atoms with Gasteiger partial charge in [-0.25, -0.2) is 0 Å². The molecule has 0 saturated carbocycles. The summed E-state index contributed by atoms with van der Waals surface area (Å²) in [6, 6.07) is 14.0. The van der Waals surface area contributed by atoms with Crippen LogP contribution in [0.25, 0.3) is 0 Å². The lowest BCUT2D eigenvalue weighted by Crippen LogP contribution is -2.40. The quantitative estimate of drug-likeness (QED) is 0.780. The predicted octanol–water partition coefficient (Wildman–Crippen LogP) is 1.89. The number of methoxy groups -OCH3 is 2. The van der Waals surface area contributed by atoms with Crippen LogP contribution in [-0.4, -0.2) is 26.1 Å². The minimum atomic E-state index is -1.26. The van der Waals surface area contributed by atoms with Crippen molar-refractivity contribution in [1.82, 2.24) is 0 Å². The second-order valence-electron chi connectivity index (χ2n) is 5.98. The van der Waals surface area contributed by atoms with Gasteiger partial charge in [0.05, 0.1) is 20.1 Å². The number of aliphatic carboxylic acids is 1. The molecular weight excluding hydrogens is 334 g/mol. The van der Waals surface area contributed by atoms with Gasteiger partial charge < -0.3 is 24.7 Å². The zero-order valence-electron chi connectivity index (χ0n) is 15.0. The van der Waals surface area contributed by atoms with Gasteiger partial charge in [0.15, 0.2) is 0 Å². The Kier molecular flexibility index (Phi) is 6.60. The van der Waals surface area contributed by atoms with E-state index in [4.69, 9.17) is 9.47 Å². The van der Waals surface area contributed by atoms with E-state index in [1.54, 1.807) is 50.6 Å². The zero-order chi connectivity index (χ0) is 19.1. The Balaban J connectivity index is 2.16. The molecule has 0 heterocycles. The Bertz CT molecular complexity index is 740. The van der Waals surface area contributed by atoms with Crippen molar-refractivity contribution in [2.75, 3.05) is 19.5 Å². The Morgan fingerprint density at radius 1 is 0.962 bits per heavy atom. The molecule has 1 N–H and O–H groups in total. The van der Waals surface area contributed by atoms with E-state index in [0.29, 0.717) is 17.2 Å². The third-order valence-corrected chi connectivity index (χ3v) is 4.28. The highest BCUT2D eigenvalue weighted by Crippen LogP contribution is 2.22. The Labute approximate surface area is 152 Å². The number of carbonyl (C=O) groups excluding carboxylic acids is 2. The fourth-order valence-corrected chi connectivity index (χ4v) is 2.59. The molecule has 0 saturated heterocycles. The van der Waals surface area contributed by atoms with Gasteiger partial charge in [-0.1, -0.05) is 19.1 Å². The lowest BCUT2D eigenvalue weighted by atomic mass is 9.87. The molecule has 6 nitrogen and oxygen atoms in total.